The Morgan fingerprint density at radius 1 is 1.65 bits per heavy atom. The highest BCUT2D eigenvalue weighted by molar-refractivity contribution is 7.80. The number of nitrogens with two attached hydrogens (primary N) is 1. The number of hydrogen-bond donors (Lipinski definition) is 1. The van der Waals surface area contributed by atoms with Crippen LogP contribution in [-0.2, 0) is 0 Å². The molecule has 94 valence electrons. The molecule has 1 rings (SSSR count). The molecule has 0 aromatic carbocycles. The molecule has 0 saturated heterocycles. The maximum atomic E-state index is 12.0. The second kappa shape index (κ2) is 6.00. The molecule has 1 atom stereocenters. The van der Waals surface area contributed by atoms with E-state index in [1.54, 1.807) is 13.1 Å². The van der Waals surface area contributed by atoms with Gasteiger partial charge in [-0.05, 0) is 6.07 Å². The smallest absolute Gasteiger partial charge is 0.256 e. The number of hydrogen-bond acceptors (Lipinski definition) is 3. The normalized spacial score (nSPS) is 12.2. The zero-order chi connectivity index (χ0) is 13.2. The second-order valence-corrected chi connectivity index (χ2v) is 6.48. The zero-order valence-corrected chi connectivity index (χ0v) is 12.5. The first-order valence-electron chi connectivity index (χ1n) is 4.82. The maximum absolute atomic E-state index is 12.0. The molecule has 0 aliphatic heterocycles. The van der Waals surface area contributed by atoms with Gasteiger partial charge in [0.15, 0.2) is 0 Å². The van der Waals surface area contributed by atoms with Gasteiger partial charge in [0.25, 0.3) is 5.91 Å². The van der Waals surface area contributed by atoms with Crippen molar-refractivity contribution in [3.8, 4) is 0 Å². The van der Waals surface area contributed by atoms with E-state index in [9.17, 15) is 4.79 Å². The summed E-state index contributed by atoms with van der Waals surface area (Å²) >= 11 is 17.7. The molecule has 7 heteroatoms. The van der Waals surface area contributed by atoms with Gasteiger partial charge in [-0.2, -0.15) is 0 Å². The summed E-state index contributed by atoms with van der Waals surface area (Å²) in [5.41, 5.74) is 5.92. The molecule has 1 aromatic rings. The van der Waals surface area contributed by atoms with Gasteiger partial charge < -0.3 is 10.6 Å². The number of amides is 1. The lowest BCUT2D eigenvalue weighted by Gasteiger charge is -2.20. The first-order valence-corrected chi connectivity index (χ1v) is 6.80. The lowest BCUT2D eigenvalue weighted by Crippen LogP contribution is -2.35. The molecular formula is C10H12Cl2N2OS2. The number of thiocarbonyl (C=S) groups is 1. The third kappa shape index (κ3) is 3.81. The van der Waals surface area contributed by atoms with E-state index in [2.05, 4.69) is 0 Å². The van der Waals surface area contributed by atoms with Crippen LogP contribution in [0.5, 0.6) is 0 Å². The SMILES string of the molecule is CC(CN(C)C(=O)c1cc(Cl)sc1Cl)C(N)=S. The number of carbonyl (C=O) groups excluding carboxylic acids is 1. The van der Waals surface area contributed by atoms with E-state index in [1.807, 2.05) is 6.92 Å². The maximum Gasteiger partial charge on any atom is 0.256 e. The monoisotopic (exact) mass is 310 g/mol. The van der Waals surface area contributed by atoms with Crippen LogP contribution in [0.25, 0.3) is 0 Å². The lowest BCUT2D eigenvalue weighted by atomic mass is 10.1. The Labute approximate surface area is 119 Å². The van der Waals surface area contributed by atoms with Crippen LogP contribution in [0.4, 0.5) is 0 Å². The third-order valence-corrected chi connectivity index (χ3v) is 4.16. The minimum absolute atomic E-state index is 0.0353. The molecule has 1 unspecified atom stereocenters. The van der Waals surface area contributed by atoms with Gasteiger partial charge in [0.1, 0.15) is 4.34 Å². The molecule has 0 spiro atoms. The van der Waals surface area contributed by atoms with E-state index in [4.69, 9.17) is 41.2 Å². The summed E-state index contributed by atoms with van der Waals surface area (Å²) in [6.45, 7) is 2.33. The molecule has 2 N–H and O–H groups in total. The Balaban J connectivity index is 2.77. The largest absolute Gasteiger partial charge is 0.393 e. The standard InChI is InChI=1S/C10H12Cl2N2OS2/c1-5(9(13)16)4-14(2)10(15)6-3-7(11)17-8(6)12/h3,5H,4H2,1-2H3,(H2,13,16). The first kappa shape index (κ1) is 14.7. The minimum atomic E-state index is -0.179. The molecule has 0 saturated carbocycles. The van der Waals surface area contributed by atoms with Gasteiger partial charge in [0, 0.05) is 19.5 Å². The van der Waals surface area contributed by atoms with Gasteiger partial charge in [0.2, 0.25) is 0 Å². The highest BCUT2D eigenvalue weighted by Crippen LogP contribution is 2.31. The summed E-state index contributed by atoms with van der Waals surface area (Å²) in [6.07, 6.45) is 0. The number of rotatable bonds is 4. The fraction of sp³-hybridized carbons (Fsp3) is 0.400. The molecule has 0 aliphatic carbocycles. The third-order valence-electron chi connectivity index (χ3n) is 2.27. The summed E-state index contributed by atoms with van der Waals surface area (Å²) in [5.74, 6) is -0.215. The van der Waals surface area contributed by atoms with Gasteiger partial charge in [-0.3, -0.25) is 4.79 Å². The Kier molecular flexibility index (Phi) is 5.19. The van der Waals surface area contributed by atoms with E-state index in [0.717, 1.165) is 0 Å². The van der Waals surface area contributed by atoms with E-state index >= 15 is 0 Å². The van der Waals surface area contributed by atoms with Gasteiger partial charge in [-0.1, -0.05) is 42.3 Å². The average Bonchev–Trinajstić information content (AvgIpc) is 2.56. The molecule has 0 radical (unpaired) electrons. The number of nitrogens with zero attached hydrogens (tertiary/aromatic N) is 1. The Hall–Kier alpha value is -0.360. The molecule has 1 heterocycles. The van der Waals surface area contributed by atoms with Crippen LogP contribution in [0, 0.1) is 5.92 Å². The number of thiophene rings is 1. The Bertz CT molecular complexity index is 448. The summed E-state index contributed by atoms with van der Waals surface area (Å²) in [6, 6.07) is 1.57. The molecule has 0 bridgehead atoms. The topological polar surface area (TPSA) is 46.3 Å². The van der Waals surface area contributed by atoms with Crippen LogP contribution < -0.4 is 5.73 Å². The molecular weight excluding hydrogens is 299 g/mol. The van der Waals surface area contributed by atoms with Crippen LogP contribution >= 0.6 is 46.8 Å². The molecule has 0 aliphatic rings. The second-order valence-electron chi connectivity index (χ2n) is 3.73. The highest BCUT2D eigenvalue weighted by atomic mass is 35.5. The minimum Gasteiger partial charge on any atom is -0.393 e. The first-order chi connectivity index (χ1) is 7.82. The fourth-order valence-corrected chi connectivity index (χ4v) is 2.80. The summed E-state index contributed by atoms with van der Waals surface area (Å²) in [4.78, 5) is 14.0. The van der Waals surface area contributed by atoms with Crippen LogP contribution in [0.15, 0.2) is 6.07 Å². The molecule has 1 aromatic heterocycles. The Morgan fingerprint density at radius 3 is 2.65 bits per heavy atom. The van der Waals surface area contributed by atoms with Crippen molar-refractivity contribution in [1.29, 1.82) is 0 Å². The van der Waals surface area contributed by atoms with Crippen LogP contribution in [-0.4, -0.2) is 29.4 Å². The van der Waals surface area contributed by atoms with Gasteiger partial charge in [0.05, 0.1) is 14.9 Å². The fourth-order valence-electron chi connectivity index (χ4n) is 1.28. The Morgan fingerprint density at radius 2 is 2.24 bits per heavy atom. The van der Waals surface area contributed by atoms with Crippen molar-refractivity contribution >= 4 is 57.7 Å². The van der Waals surface area contributed by atoms with Gasteiger partial charge in [-0.15, -0.1) is 11.3 Å². The predicted molar refractivity (Wildman–Crippen MR) is 77.2 cm³/mol. The number of carbonyl (C=O) groups is 1. The van der Waals surface area contributed by atoms with Gasteiger partial charge >= 0.3 is 0 Å². The van der Waals surface area contributed by atoms with Crippen molar-refractivity contribution in [2.45, 2.75) is 6.92 Å². The van der Waals surface area contributed by atoms with E-state index in [-0.39, 0.29) is 11.8 Å². The van der Waals surface area contributed by atoms with Crippen molar-refractivity contribution in [3.05, 3.63) is 20.3 Å². The molecule has 3 nitrogen and oxygen atoms in total. The summed E-state index contributed by atoms with van der Waals surface area (Å²) in [5, 5.41) is 0. The van der Waals surface area contributed by atoms with E-state index < -0.39 is 0 Å². The van der Waals surface area contributed by atoms with Crippen molar-refractivity contribution in [3.63, 3.8) is 0 Å². The highest BCUT2D eigenvalue weighted by Gasteiger charge is 2.20. The van der Waals surface area contributed by atoms with Crippen LogP contribution in [0.3, 0.4) is 0 Å². The number of halogens is 2. The van der Waals surface area contributed by atoms with E-state index in [1.165, 1.54) is 16.2 Å². The van der Waals surface area contributed by atoms with Crippen molar-refractivity contribution in [2.75, 3.05) is 13.6 Å². The van der Waals surface area contributed by atoms with Crippen LogP contribution in [0.1, 0.15) is 17.3 Å². The quantitative estimate of drug-likeness (QED) is 0.869. The summed E-state index contributed by atoms with van der Waals surface area (Å²) in [7, 11) is 1.68. The average molecular weight is 311 g/mol. The lowest BCUT2D eigenvalue weighted by molar-refractivity contribution is 0.0787. The van der Waals surface area contributed by atoms with Crippen molar-refractivity contribution in [1.82, 2.24) is 4.90 Å². The summed E-state index contributed by atoms with van der Waals surface area (Å²) < 4.78 is 0.893. The zero-order valence-electron chi connectivity index (χ0n) is 9.37. The van der Waals surface area contributed by atoms with Gasteiger partial charge in [-0.25, -0.2) is 0 Å². The molecule has 17 heavy (non-hydrogen) atoms. The van der Waals surface area contributed by atoms with Crippen LogP contribution in [0.2, 0.25) is 8.67 Å². The van der Waals surface area contributed by atoms with Crippen molar-refractivity contribution in [2.24, 2.45) is 11.7 Å². The molecule has 0 fully saturated rings. The molecule has 1 amide bonds. The van der Waals surface area contributed by atoms with Crippen molar-refractivity contribution < 1.29 is 4.79 Å². The predicted octanol–water partition coefficient (Wildman–Crippen LogP) is 3.05. The van der Waals surface area contributed by atoms with E-state index in [0.29, 0.717) is 25.8 Å².